The van der Waals surface area contributed by atoms with Gasteiger partial charge in [-0.1, -0.05) is 12.1 Å². The smallest absolute Gasteiger partial charge is 0.348 e. The highest BCUT2D eigenvalue weighted by molar-refractivity contribution is 5.86. The highest BCUT2D eigenvalue weighted by Crippen LogP contribution is 2.28. The number of halogens is 4. The van der Waals surface area contributed by atoms with E-state index >= 15 is 0 Å². The molecule has 1 amide bonds. The minimum atomic E-state index is -4.86. The van der Waals surface area contributed by atoms with Gasteiger partial charge in [0.2, 0.25) is 5.91 Å². The number of benzene rings is 1. The van der Waals surface area contributed by atoms with Crippen LogP contribution in [0.2, 0.25) is 0 Å². The van der Waals surface area contributed by atoms with Crippen molar-refractivity contribution in [3.05, 3.63) is 35.6 Å². The van der Waals surface area contributed by atoms with Crippen molar-refractivity contribution in [2.45, 2.75) is 31.6 Å². The van der Waals surface area contributed by atoms with Crippen LogP contribution in [0.1, 0.15) is 25.5 Å². The molecule has 0 spiro atoms. The van der Waals surface area contributed by atoms with Gasteiger partial charge in [0, 0.05) is 0 Å². The Bertz CT molecular complexity index is 471. The van der Waals surface area contributed by atoms with Crippen molar-refractivity contribution in [3.8, 4) is 0 Å². The molecular formula is C12H14F4N2O. The van der Waals surface area contributed by atoms with Gasteiger partial charge in [-0.05, 0) is 31.5 Å². The minimum absolute atomic E-state index is 0.353. The lowest BCUT2D eigenvalue weighted by atomic mass is 10.0. The largest absolute Gasteiger partial charge is 0.415 e. The van der Waals surface area contributed by atoms with Crippen LogP contribution in [0.15, 0.2) is 24.3 Å². The molecule has 3 N–H and O–H groups in total. The fourth-order valence-corrected chi connectivity index (χ4v) is 1.33. The average Bonchev–Trinajstić information content (AvgIpc) is 2.27. The molecule has 7 heteroatoms. The predicted molar refractivity (Wildman–Crippen MR) is 61.6 cm³/mol. The van der Waals surface area contributed by atoms with Gasteiger partial charge in [-0.2, -0.15) is 13.2 Å². The first-order valence-electron chi connectivity index (χ1n) is 5.47. The summed E-state index contributed by atoms with van der Waals surface area (Å²) in [5, 5.41) is 2.12. The number of hydrogen-bond donors (Lipinski definition) is 2. The van der Waals surface area contributed by atoms with E-state index in [4.69, 9.17) is 5.73 Å². The number of rotatable bonds is 3. The minimum Gasteiger partial charge on any atom is -0.348 e. The van der Waals surface area contributed by atoms with Gasteiger partial charge in [-0.3, -0.25) is 4.79 Å². The van der Waals surface area contributed by atoms with Crippen LogP contribution in [0, 0.1) is 5.82 Å². The predicted octanol–water partition coefficient (Wildman–Crippen LogP) is 2.28. The fraction of sp³-hybridized carbons (Fsp3) is 0.417. The van der Waals surface area contributed by atoms with Crippen LogP contribution in [0.4, 0.5) is 17.6 Å². The molecule has 2 atom stereocenters. The second kappa shape index (κ2) is 5.16. The van der Waals surface area contributed by atoms with Gasteiger partial charge in [-0.15, -0.1) is 0 Å². The molecule has 0 saturated carbocycles. The Morgan fingerprint density at radius 1 is 1.37 bits per heavy atom. The summed E-state index contributed by atoms with van der Waals surface area (Å²) in [7, 11) is 0. The van der Waals surface area contributed by atoms with Crippen LogP contribution < -0.4 is 11.1 Å². The quantitative estimate of drug-likeness (QED) is 0.833. The highest BCUT2D eigenvalue weighted by atomic mass is 19.4. The van der Waals surface area contributed by atoms with Gasteiger partial charge in [0.25, 0.3) is 0 Å². The number of nitrogens with two attached hydrogens (primary N) is 1. The van der Waals surface area contributed by atoms with Crippen molar-refractivity contribution in [2.24, 2.45) is 5.73 Å². The number of nitrogens with one attached hydrogen (secondary N) is 1. The maximum absolute atomic E-state index is 13.0. The number of hydrogen-bond acceptors (Lipinski definition) is 2. The fourth-order valence-electron chi connectivity index (χ4n) is 1.33. The van der Waals surface area contributed by atoms with E-state index in [1.165, 1.54) is 25.1 Å². The summed E-state index contributed by atoms with van der Waals surface area (Å²) in [6.07, 6.45) is -4.86. The third kappa shape index (κ3) is 3.44. The van der Waals surface area contributed by atoms with E-state index in [1.807, 2.05) is 0 Å². The van der Waals surface area contributed by atoms with Gasteiger partial charge < -0.3 is 11.1 Å². The molecule has 1 rings (SSSR count). The van der Waals surface area contributed by atoms with Crippen LogP contribution in [0.5, 0.6) is 0 Å². The summed E-state index contributed by atoms with van der Waals surface area (Å²) >= 11 is 0. The van der Waals surface area contributed by atoms with Crippen LogP contribution >= 0.6 is 0 Å². The van der Waals surface area contributed by atoms with E-state index < -0.39 is 29.5 Å². The lowest BCUT2D eigenvalue weighted by molar-refractivity contribution is -0.187. The Morgan fingerprint density at radius 3 is 2.42 bits per heavy atom. The molecule has 0 aliphatic rings. The van der Waals surface area contributed by atoms with Crippen molar-refractivity contribution in [2.75, 3.05) is 0 Å². The van der Waals surface area contributed by atoms with Crippen molar-refractivity contribution in [1.82, 2.24) is 5.32 Å². The van der Waals surface area contributed by atoms with E-state index in [9.17, 15) is 22.4 Å². The lowest BCUT2D eigenvalue weighted by Crippen LogP contribution is -2.61. The monoisotopic (exact) mass is 278 g/mol. The molecule has 1 aromatic rings. The maximum Gasteiger partial charge on any atom is 0.415 e. The Hall–Kier alpha value is -1.63. The third-order valence-corrected chi connectivity index (χ3v) is 2.76. The van der Waals surface area contributed by atoms with Crippen LogP contribution in [0.3, 0.4) is 0 Å². The summed E-state index contributed by atoms with van der Waals surface area (Å²) in [4.78, 5) is 11.5. The summed E-state index contributed by atoms with van der Waals surface area (Å²) in [5.74, 6) is -1.90. The van der Waals surface area contributed by atoms with Crippen molar-refractivity contribution < 1.29 is 22.4 Å². The van der Waals surface area contributed by atoms with Crippen LogP contribution in [0.25, 0.3) is 0 Å². The van der Waals surface area contributed by atoms with E-state index in [1.54, 1.807) is 0 Å². The second-order valence-corrected chi connectivity index (χ2v) is 4.45. The highest BCUT2D eigenvalue weighted by Gasteiger charge is 2.54. The Kier molecular flexibility index (Phi) is 4.19. The first-order valence-corrected chi connectivity index (χ1v) is 5.47. The molecular weight excluding hydrogens is 264 g/mol. The number of alkyl halides is 3. The molecule has 0 bridgehead atoms. The second-order valence-electron chi connectivity index (χ2n) is 4.45. The molecule has 0 aliphatic carbocycles. The molecule has 106 valence electrons. The molecule has 3 nitrogen and oxygen atoms in total. The van der Waals surface area contributed by atoms with Crippen LogP contribution in [-0.2, 0) is 4.79 Å². The normalized spacial score (nSPS) is 16.6. The summed E-state index contributed by atoms with van der Waals surface area (Å²) < 4.78 is 50.6. The molecule has 0 aromatic heterocycles. The van der Waals surface area contributed by atoms with Gasteiger partial charge >= 0.3 is 6.18 Å². The zero-order valence-electron chi connectivity index (χ0n) is 10.4. The van der Waals surface area contributed by atoms with E-state index in [-0.39, 0.29) is 0 Å². The Balaban J connectivity index is 2.83. The summed E-state index contributed by atoms with van der Waals surface area (Å²) in [5.41, 5.74) is 2.34. The lowest BCUT2D eigenvalue weighted by Gasteiger charge is -2.28. The zero-order chi connectivity index (χ0) is 14.8. The van der Waals surface area contributed by atoms with Gasteiger partial charge in [-0.25, -0.2) is 4.39 Å². The molecule has 19 heavy (non-hydrogen) atoms. The summed E-state index contributed by atoms with van der Waals surface area (Å²) in [6.45, 7) is 2.03. The Labute approximate surface area is 107 Å². The number of amides is 1. The van der Waals surface area contributed by atoms with E-state index in [2.05, 4.69) is 5.32 Å². The molecule has 0 saturated heterocycles. The molecule has 1 aromatic carbocycles. The first kappa shape index (κ1) is 15.4. The standard InChI is InChI=1S/C12H14F4N2O/c1-7(8-4-3-5-9(13)6-8)18-10(19)11(2,17)12(14,15)16/h3-7H,17H2,1-2H3,(H,18,19)/t7-,11?/m1/s1. The van der Waals surface area contributed by atoms with Gasteiger partial charge in [0.05, 0.1) is 6.04 Å². The summed E-state index contributed by atoms with van der Waals surface area (Å²) in [6, 6.07) is 4.44. The molecule has 0 fully saturated rings. The molecule has 0 aliphatic heterocycles. The maximum atomic E-state index is 13.0. The zero-order valence-corrected chi connectivity index (χ0v) is 10.4. The number of carbonyl (C=O) groups is 1. The van der Waals surface area contributed by atoms with Crippen molar-refractivity contribution >= 4 is 5.91 Å². The van der Waals surface area contributed by atoms with Gasteiger partial charge in [0.15, 0.2) is 5.54 Å². The molecule has 1 unspecified atom stereocenters. The van der Waals surface area contributed by atoms with Crippen LogP contribution in [-0.4, -0.2) is 17.6 Å². The van der Waals surface area contributed by atoms with Crippen molar-refractivity contribution in [1.29, 1.82) is 0 Å². The van der Waals surface area contributed by atoms with E-state index in [0.29, 0.717) is 12.5 Å². The Morgan fingerprint density at radius 2 is 1.95 bits per heavy atom. The van der Waals surface area contributed by atoms with Crippen molar-refractivity contribution in [3.63, 3.8) is 0 Å². The first-order chi connectivity index (χ1) is 8.55. The topological polar surface area (TPSA) is 55.1 Å². The van der Waals surface area contributed by atoms with Gasteiger partial charge in [0.1, 0.15) is 5.82 Å². The SMILES string of the molecule is C[C@@H](NC(=O)C(C)(N)C(F)(F)F)c1cccc(F)c1. The van der Waals surface area contributed by atoms with E-state index in [0.717, 1.165) is 6.07 Å². The molecule has 0 heterocycles. The average molecular weight is 278 g/mol. The number of carbonyl (C=O) groups excluding carboxylic acids is 1. The molecule has 0 radical (unpaired) electrons. The third-order valence-electron chi connectivity index (χ3n) is 2.76.